The van der Waals surface area contributed by atoms with Gasteiger partial charge in [-0.2, -0.15) is 0 Å². The van der Waals surface area contributed by atoms with Crippen LogP contribution in [0.2, 0.25) is 0 Å². The molecule has 21 heavy (non-hydrogen) atoms. The quantitative estimate of drug-likeness (QED) is 0.877. The Hall–Kier alpha value is -1.49. The van der Waals surface area contributed by atoms with Crippen LogP contribution in [-0.2, 0) is 4.79 Å². The van der Waals surface area contributed by atoms with E-state index in [1.165, 1.54) is 12.1 Å². The Morgan fingerprint density at radius 3 is 2.81 bits per heavy atom. The fraction of sp³-hybridized carbons (Fsp3) is 0.562. The van der Waals surface area contributed by atoms with E-state index in [4.69, 9.17) is 5.73 Å². The first-order valence-corrected chi connectivity index (χ1v) is 7.44. The minimum atomic E-state index is -0.595. The summed E-state index contributed by atoms with van der Waals surface area (Å²) in [6.07, 6.45) is 3.49. The molecule has 0 saturated heterocycles. The molecule has 0 radical (unpaired) electrons. The van der Waals surface area contributed by atoms with Crippen LogP contribution in [0, 0.1) is 17.6 Å². The van der Waals surface area contributed by atoms with Gasteiger partial charge >= 0.3 is 0 Å². The molecule has 0 aliphatic heterocycles. The number of benzene rings is 1. The number of carbonyl (C=O) groups excluding carboxylic acids is 1. The molecule has 3 nitrogen and oxygen atoms in total. The Balaban J connectivity index is 1.83. The minimum absolute atomic E-state index is 0.0493. The molecule has 2 rings (SSSR count). The highest BCUT2D eigenvalue weighted by atomic mass is 19.1. The summed E-state index contributed by atoms with van der Waals surface area (Å²) in [4.78, 5) is 11.9. The molecule has 1 aromatic carbocycles. The highest BCUT2D eigenvalue weighted by Gasteiger charge is 2.26. The normalized spacial score (nSPS) is 23.0. The second-order valence-corrected chi connectivity index (χ2v) is 5.93. The summed E-state index contributed by atoms with van der Waals surface area (Å²) < 4.78 is 26.5. The summed E-state index contributed by atoms with van der Waals surface area (Å²) in [7, 11) is 0. The molecule has 1 aliphatic carbocycles. The van der Waals surface area contributed by atoms with Gasteiger partial charge in [0, 0.05) is 31.0 Å². The fourth-order valence-corrected chi connectivity index (χ4v) is 2.91. The predicted octanol–water partition coefficient (Wildman–Crippen LogP) is 2.70. The van der Waals surface area contributed by atoms with Crippen molar-refractivity contribution in [1.82, 2.24) is 5.32 Å². The lowest BCUT2D eigenvalue weighted by molar-refractivity contribution is -0.122. The van der Waals surface area contributed by atoms with Crippen molar-refractivity contribution in [3.8, 4) is 0 Å². The number of carbonyl (C=O) groups is 1. The maximum atomic E-state index is 13.6. The molecule has 1 aromatic rings. The van der Waals surface area contributed by atoms with Crippen LogP contribution in [0.1, 0.15) is 44.1 Å². The van der Waals surface area contributed by atoms with Crippen LogP contribution in [0.5, 0.6) is 0 Å². The molecule has 1 saturated carbocycles. The van der Waals surface area contributed by atoms with E-state index in [-0.39, 0.29) is 23.8 Å². The van der Waals surface area contributed by atoms with Crippen molar-refractivity contribution in [3.05, 3.63) is 35.4 Å². The van der Waals surface area contributed by atoms with Gasteiger partial charge in [0.1, 0.15) is 11.6 Å². The molecule has 0 aromatic heterocycles. The Kier molecular flexibility index (Phi) is 5.28. The molecule has 0 spiro atoms. The van der Waals surface area contributed by atoms with Gasteiger partial charge < -0.3 is 11.1 Å². The van der Waals surface area contributed by atoms with Crippen LogP contribution in [0.4, 0.5) is 8.78 Å². The molecular formula is C16H22F2N2O. The van der Waals surface area contributed by atoms with Gasteiger partial charge in [-0.25, -0.2) is 8.78 Å². The molecule has 3 atom stereocenters. The third-order valence-corrected chi connectivity index (χ3v) is 4.26. The zero-order chi connectivity index (χ0) is 15.4. The molecule has 1 unspecified atom stereocenters. The third kappa shape index (κ3) is 4.24. The van der Waals surface area contributed by atoms with Crippen LogP contribution < -0.4 is 11.1 Å². The zero-order valence-electron chi connectivity index (χ0n) is 12.2. The maximum Gasteiger partial charge on any atom is 0.220 e. The lowest BCUT2D eigenvalue weighted by Gasteiger charge is -2.17. The first-order valence-electron chi connectivity index (χ1n) is 7.44. The molecule has 5 heteroatoms. The van der Waals surface area contributed by atoms with Crippen molar-refractivity contribution in [3.63, 3.8) is 0 Å². The summed E-state index contributed by atoms with van der Waals surface area (Å²) in [5, 5.41) is 2.82. The second kappa shape index (κ2) is 6.98. The SMILES string of the molecule is CC(CNC(=O)C[C@@H]1CCC[C@H]1N)c1ccc(F)cc1F. The van der Waals surface area contributed by atoms with Crippen LogP contribution >= 0.6 is 0 Å². The van der Waals surface area contributed by atoms with Crippen molar-refractivity contribution in [1.29, 1.82) is 0 Å². The van der Waals surface area contributed by atoms with Gasteiger partial charge in [-0.05, 0) is 30.4 Å². The van der Waals surface area contributed by atoms with E-state index in [9.17, 15) is 13.6 Å². The fourth-order valence-electron chi connectivity index (χ4n) is 2.91. The predicted molar refractivity (Wildman–Crippen MR) is 77.7 cm³/mol. The van der Waals surface area contributed by atoms with Crippen molar-refractivity contribution >= 4 is 5.91 Å². The number of hydrogen-bond donors (Lipinski definition) is 2. The van der Waals surface area contributed by atoms with Crippen molar-refractivity contribution in [2.75, 3.05) is 6.54 Å². The molecular weight excluding hydrogens is 274 g/mol. The Morgan fingerprint density at radius 1 is 1.43 bits per heavy atom. The maximum absolute atomic E-state index is 13.6. The van der Waals surface area contributed by atoms with Gasteiger partial charge in [0.25, 0.3) is 0 Å². The van der Waals surface area contributed by atoms with E-state index < -0.39 is 11.6 Å². The van der Waals surface area contributed by atoms with Gasteiger partial charge in [-0.3, -0.25) is 4.79 Å². The summed E-state index contributed by atoms with van der Waals surface area (Å²) in [6.45, 7) is 2.14. The van der Waals surface area contributed by atoms with Crippen LogP contribution in [0.25, 0.3) is 0 Å². The standard InChI is InChI=1S/C16H22F2N2O/c1-10(13-6-5-12(17)8-14(13)18)9-20-16(21)7-11-3-2-4-15(11)19/h5-6,8,10-11,15H,2-4,7,9,19H2,1H3,(H,20,21)/t10?,11-,15+/m0/s1. The first-order chi connectivity index (χ1) is 9.97. The number of rotatable bonds is 5. The highest BCUT2D eigenvalue weighted by molar-refractivity contribution is 5.76. The Bertz CT molecular complexity index is 507. The summed E-state index contributed by atoms with van der Waals surface area (Å²) in [5.41, 5.74) is 6.35. The number of amides is 1. The molecule has 0 bridgehead atoms. The van der Waals surface area contributed by atoms with E-state index in [1.807, 2.05) is 0 Å². The monoisotopic (exact) mass is 296 g/mol. The van der Waals surface area contributed by atoms with Gasteiger partial charge in [0.05, 0.1) is 0 Å². The van der Waals surface area contributed by atoms with Crippen LogP contribution in [0.3, 0.4) is 0 Å². The lowest BCUT2D eigenvalue weighted by Crippen LogP contribution is -2.33. The number of halogens is 2. The molecule has 116 valence electrons. The van der Waals surface area contributed by atoms with Crippen molar-refractivity contribution in [2.24, 2.45) is 11.7 Å². The molecule has 1 fully saturated rings. The van der Waals surface area contributed by atoms with Crippen LogP contribution in [0.15, 0.2) is 18.2 Å². The van der Waals surface area contributed by atoms with E-state index in [0.29, 0.717) is 18.5 Å². The average Bonchev–Trinajstić information content (AvgIpc) is 2.81. The molecule has 3 N–H and O–H groups in total. The molecule has 1 aliphatic rings. The molecule has 1 amide bonds. The third-order valence-electron chi connectivity index (χ3n) is 4.26. The van der Waals surface area contributed by atoms with E-state index in [0.717, 1.165) is 25.3 Å². The zero-order valence-corrected chi connectivity index (χ0v) is 12.2. The highest BCUT2D eigenvalue weighted by Crippen LogP contribution is 2.26. The Morgan fingerprint density at radius 2 is 2.19 bits per heavy atom. The summed E-state index contributed by atoms with van der Waals surface area (Å²) in [6, 6.07) is 3.64. The number of nitrogens with two attached hydrogens (primary N) is 1. The molecule has 0 heterocycles. The van der Waals surface area contributed by atoms with E-state index in [2.05, 4.69) is 5.32 Å². The van der Waals surface area contributed by atoms with Crippen molar-refractivity contribution < 1.29 is 13.6 Å². The Labute approximate surface area is 123 Å². The van der Waals surface area contributed by atoms with Crippen molar-refractivity contribution in [2.45, 2.75) is 44.6 Å². The summed E-state index contributed by atoms with van der Waals surface area (Å²) in [5.74, 6) is -1.17. The van der Waals surface area contributed by atoms with Crippen LogP contribution in [-0.4, -0.2) is 18.5 Å². The first kappa shape index (κ1) is 15.9. The second-order valence-electron chi connectivity index (χ2n) is 5.93. The summed E-state index contributed by atoms with van der Waals surface area (Å²) >= 11 is 0. The minimum Gasteiger partial charge on any atom is -0.355 e. The smallest absolute Gasteiger partial charge is 0.220 e. The van der Waals surface area contributed by atoms with Gasteiger partial charge in [-0.1, -0.05) is 19.4 Å². The van der Waals surface area contributed by atoms with E-state index >= 15 is 0 Å². The van der Waals surface area contributed by atoms with Gasteiger partial charge in [0.15, 0.2) is 0 Å². The topological polar surface area (TPSA) is 55.1 Å². The van der Waals surface area contributed by atoms with E-state index in [1.54, 1.807) is 6.92 Å². The largest absolute Gasteiger partial charge is 0.355 e. The van der Waals surface area contributed by atoms with Gasteiger partial charge in [-0.15, -0.1) is 0 Å². The number of nitrogens with one attached hydrogen (secondary N) is 1. The average molecular weight is 296 g/mol. The lowest BCUT2D eigenvalue weighted by atomic mass is 9.98. The van der Waals surface area contributed by atoms with Gasteiger partial charge in [0.2, 0.25) is 5.91 Å². The number of hydrogen-bond acceptors (Lipinski definition) is 2.